The maximum Gasteiger partial charge on any atom is 0.122 e. The van der Waals surface area contributed by atoms with E-state index in [0.717, 1.165) is 39.0 Å². The summed E-state index contributed by atoms with van der Waals surface area (Å²) in [5.74, 6) is 1.17. The predicted octanol–water partition coefficient (Wildman–Crippen LogP) is 0.471. The third-order valence-corrected chi connectivity index (χ3v) is 2.71. The zero-order valence-electron chi connectivity index (χ0n) is 8.39. The Kier molecular flexibility index (Phi) is 3.16. The van der Waals surface area contributed by atoms with Gasteiger partial charge in [0.25, 0.3) is 0 Å². The zero-order chi connectivity index (χ0) is 9.80. The lowest BCUT2D eigenvalue weighted by atomic mass is 10.2. The molecule has 0 radical (unpaired) electrons. The van der Waals surface area contributed by atoms with Gasteiger partial charge < -0.3 is 9.67 Å². The molecule has 0 spiro atoms. The van der Waals surface area contributed by atoms with Crippen LogP contribution in [0.15, 0.2) is 12.4 Å². The minimum Gasteiger partial charge on any atom is -0.396 e. The van der Waals surface area contributed by atoms with E-state index < -0.39 is 0 Å². The van der Waals surface area contributed by atoms with Gasteiger partial charge in [0, 0.05) is 32.1 Å². The number of aromatic nitrogens is 2. The van der Waals surface area contributed by atoms with Crippen molar-refractivity contribution in [3.8, 4) is 0 Å². The highest BCUT2D eigenvalue weighted by molar-refractivity contribution is 4.95. The zero-order valence-corrected chi connectivity index (χ0v) is 8.39. The molecule has 2 rings (SSSR count). The molecule has 1 aromatic rings. The lowest BCUT2D eigenvalue weighted by molar-refractivity contribution is 0.202. The second-order valence-electron chi connectivity index (χ2n) is 3.74. The summed E-state index contributed by atoms with van der Waals surface area (Å²) in [5.41, 5.74) is 0. The fraction of sp³-hybridized carbons (Fsp3) is 0.700. The van der Waals surface area contributed by atoms with Crippen molar-refractivity contribution in [3.63, 3.8) is 0 Å². The second-order valence-corrected chi connectivity index (χ2v) is 3.74. The standard InChI is InChI=1S/C10H17N3O/c14-8-2-1-4-12-6-7-13-5-3-11-10(13)9-12/h3,5,14H,1-2,4,6-9H2. The Morgan fingerprint density at radius 3 is 3.14 bits per heavy atom. The molecule has 0 fully saturated rings. The molecule has 0 unspecified atom stereocenters. The Hall–Kier alpha value is -0.870. The molecule has 1 N–H and O–H groups in total. The Morgan fingerprint density at radius 1 is 1.36 bits per heavy atom. The van der Waals surface area contributed by atoms with Crippen LogP contribution in [0.4, 0.5) is 0 Å². The van der Waals surface area contributed by atoms with Gasteiger partial charge in [0.1, 0.15) is 5.82 Å². The molecule has 0 saturated heterocycles. The molecular weight excluding hydrogens is 178 g/mol. The minimum atomic E-state index is 0.308. The second kappa shape index (κ2) is 4.57. The van der Waals surface area contributed by atoms with E-state index in [1.54, 1.807) is 0 Å². The molecule has 1 aliphatic heterocycles. The number of rotatable bonds is 4. The summed E-state index contributed by atoms with van der Waals surface area (Å²) >= 11 is 0. The van der Waals surface area contributed by atoms with Crippen LogP contribution in [0.3, 0.4) is 0 Å². The Bertz CT molecular complexity index is 285. The van der Waals surface area contributed by atoms with Crippen molar-refractivity contribution in [2.24, 2.45) is 0 Å². The van der Waals surface area contributed by atoms with Gasteiger partial charge in [-0.2, -0.15) is 0 Å². The maximum absolute atomic E-state index is 8.69. The summed E-state index contributed by atoms with van der Waals surface area (Å²) in [5, 5.41) is 8.69. The van der Waals surface area contributed by atoms with Crippen LogP contribution in [0.25, 0.3) is 0 Å². The number of aliphatic hydroxyl groups excluding tert-OH is 1. The molecule has 78 valence electrons. The first-order valence-corrected chi connectivity index (χ1v) is 5.23. The Morgan fingerprint density at radius 2 is 2.29 bits per heavy atom. The van der Waals surface area contributed by atoms with Crippen molar-refractivity contribution in [1.29, 1.82) is 0 Å². The lowest BCUT2D eigenvalue weighted by Gasteiger charge is -2.27. The predicted molar refractivity (Wildman–Crippen MR) is 53.8 cm³/mol. The Labute approximate surface area is 84.2 Å². The molecule has 4 heteroatoms. The maximum atomic E-state index is 8.69. The quantitative estimate of drug-likeness (QED) is 0.710. The van der Waals surface area contributed by atoms with Crippen LogP contribution in [0, 0.1) is 0 Å². The van der Waals surface area contributed by atoms with Crippen molar-refractivity contribution >= 4 is 0 Å². The fourth-order valence-electron chi connectivity index (χ4n) is 1.86. The average Bonchev–Trinajstić information content (AvgIpc) is 2.65. The third kappa shape index (κ3) is 2.13. The first-order valence-electron chi connectivity index (χ1n) is 5.23. The summed E-state index contributed by atoms with van der Waals surface area (Å²) in [7, 11) is 0. The summed E-state index contributed by atoms with van der Waals surface area (Å²) in [4.78, 5) is 6.71. The van der Waals surface area contributed by atoms with Crippen molar-refractivity contribution in [2.75, 3.05) is 19.7 Å². The Balaban J connectivity index is 1.82. The number of nitrogens with zero attached hydrogens (tertiary/aromatic N) is 3. The summed E-state index contributed by atoms with van der Waals surface area (Å²) < 4.78 is 2.21. The van der Waals surface area contributed by atoms with Gasteiger partial charge in [-0.15, -0.1) is 0 Å². The van der Waals surface area contributed by atoms with E-state index >= 15 is 0 Å². The van der Waals surface area contributed by atoms with Crippen molar-refractivity contribution in [1.82, 2.24) is 14.5 Å². The van der Waals surface area contributed by atoms with Gasteiger partial charge in [0.15, 0.2) is 0 Å². The molecule has 14 heavy (non-hydrogen) atoms. The normalized spacial score (nSPS) is 16.9. The molecule has 2 heterocycles. The summed E-state index contributed by atoms with van der Waals surface area (Å²) in [6.07, 6.45) is 5.90. The number of fused-ring (bicyclic) bond motifs is 1. The number of imidazole rings is 1. The number of hydrogen-bond acceptors (Lipinski definition) is 3. The molecule has 0 amide bonds. The van der Waals surface area contributed by atoms with Crippen LogP contribution in [0.5, 0.6) is 0 Å². The van der Waals surface area contributed by atoms with Crippen LogP contribution in [0.2, 0.25) is 0 Å². The minimum absolute atomic E-state index is 0.308. The van der Waals surface area contributed by atoms with Crippen molar-refractivity contribution < 1.29 is 5.11 Å². The largest absolute Gasteiger partial charge is 0.396 e. The van der Waals surface area contributed by atoms with E-state index in [-0.39, 0.29) is 0 Å². The molecule has 0 aliphatic carbocycles. The van der Waals surface area contributed by atoms with Gasteiger partial charge in [0.05, 0.1) is 6.54 Å². The molecule has 0 aromatic carbocycles. The van der Waals surface area contributed by atoms with Crippen LogP contribution < -0.4 is 0 Å². The van der Waals surface area contributed by atoms with E-state index in [4.69, 9.17) is 5.11 Å². The van der Waals surface area contributed by atoms with Gasteiger partial charge >= 0.3 is 0 Å². The number of unbranched alkanes of at least 4 members (excludes halogenated alkanes) is 1. The van der Waals surface area contributed by atoms with E-state index in [9.17, 15) is 0 Å². The molecule has 4 nitrogen and oxygen atoms in total. The summed E-state index contributed by atoms with van der Waals surface area (Å²) in [6.45, 7) is 4.50. The van der Waals surface area contributed by atoms with E-state index in [1.807, 2.05) is 12.4 Å². The number of aliphatic hydroxyl groups is 1. The molecule has 0 atom stereocenters. The first-order chi connectivity index (χ1) is 6.90. The van der Waals surface area contributed by atoms with E-state index in [0.29, 0.717) is 6.61 Å². The molecule has 1 aromatic heterocycles. The van der Waals surface area contributed by atoms with Crippen molar-refractivity contribution in [3.05, 3.63) is 18.2 Å². The van der Waals surface area contributed by atoms with Crippen LogP contribution >= 0.6 is 0 Å². The molecular formula is C10H17N3O. The molecule has 0 bridgehead atoms. The number of hydrogen-bond donors (Lipinski definition) is 1. The molecule has 0 saturated carbocycles. The van der Waals surface area contributed by atoms with Gasteiger partial charge in [-0.1, -0.05) is 0 Å². The topological polar surface area (TPSA) is 41.3 Å². The summed E-state index contributed by atoms with van der Waals surface area (Å²) in [6, 6.07) is 0. The highest BCUT2D eigenvalue weighted by atomic mass is 16.2. The fourth-order valence-corrected chi connectivity index (χ4v) is 1.86. The first kappa shape index (κ1) is 9.68. The van der Waals surface area contributed by atoms with Crippen LogP contribution in [-0.2, 0) is 13.1 Å². The average molecular weight is 195 g/mol. The van der Waals surface area contributed by atoms with Gasteiger partial charge in [0.2, 0.25) is 0 Å². The smallest absolute Gasteiger partial charge is 0.122 e. The van der Waals surface area contributed by atoms with Crippen LogP contribution in [0.1, 0.15) is 18.7 Å². The van der Waals surface area contributed by atoms with Gasteiger partial charge in [-0.25, -0.2) is 4.98 Å². The molecule has 1 aliphatic rings. The van der Waals surface area contributed by atoms with Gasteiger partial charge in [-0.05, 0) is 19.4 Å². The van der Waals surface area contributed by atoms with E-state index in [1.165, 1.54) is 5.82 Å². The SMILES string of the molecule is OCCCCN1CCn2ccnc2C1. The highest BCUT2D eigenvalue weighted by Crippen LogP contribution is 2.10. The van der Waals surface area contributed by atoms with E-state index in [2.05, 4.69) is 14.5 Å². The third-order valence-electron chi connectivity index (χ3n) is 2.71. The monoisotopic (exact) mass is 195 g/mol. The highest BCUT2D eigenvalue weighted by Gasteiger charge is 2.15. The lowest BCUT2D eigenvalue weighted by Crippen LogP contribution is -2.34. The van der Waals surface area contributed by atoms with Crippen LogP contribution in [-0.4, -0.2) is 39.3 Å². The van der Waals surface area contributed by atoms with Crippen molar-refractivity contribution in [2.45, 2.75) is 25.9 Å². The van der Waals surface area contributed by atoms with Gasteiger partial charge in [-0.3, -0.25) is 4.90 Å².